The molecule has 2 aromatic carbocycles. The number of hydrogen-bond acceptors (Lipinski definition) is 6. The quantitative estimate of drug-likeness (QED) is 0.490. The van der Waals surface area contributed by atoms with Gasteiger partial charge in [0.15, 0.2) is 5.82 Å². The van der Waals surface area contributed by atoms with Gasteiger partial charge in [-0.1, -0.05) is 12.1 Å². The average Bonchev–Trinajstić information content (AvgIpc) is 2.83. The lowest BCUT2D eigenvalue weighted by molar-refractivity contribution is -0.115. The minimum Gasteiger partial charge on any atom is -0.497 e. The van der Waals surface area contributed by atoms with Crippen molar-refractivity contribution < 1.29 is 9.53 Å². The van der Waals surface area contributed by atoms with Crippen molar-refractivity contribution in [3.8, 4) is 17.1 Å². The van der Waals surface area contributed by atoms with Crippen LogP contribution in [0.15, 0.2) is 73.1 Å². The molecule has 0 atom stereocenters. The van der Waals surface area contributed by atoms with E-state index in [1.807, 2.05) is 72.5 Å². The van der Waals surface area contributed by atoms with Crippen LogP contribution in [-0.2, 0) is 4.79 Å². The summed E-state index contributed by atoms with van der Waals surface area (Å²) in [6.45, 7) is 2.78. The van der Waals surface area contributed by atoms with E-state index in [9.17, 15) is 4.79 Å². The zero-order chi connectivity index (χ0) is 21.6. The molecule has 0 saturated carbocycles. The summed E-state index contributed by atoms with van der Waals surface area (Å²) < 4.78 is 5.16. The molecule has 0 bridgehead atoms. The standard InChI is InChI=1S/C24H23N5O2/c1-3-29(16-22(30)26-18-10-12-19(31-2)13-11-18)24-20-8-4-5-9-21(20)27-23(28-24)17-7-6-14-25-15-17/h4-15H,3,16H2,1-2H3,(H,26,30). The highest BCUT2D eigenvalue weighted by molar-refractivity contribution is 5.97. The second-order valence-electron chi connectivity index (χ2n) is 6.92. The summed E-state index contributed by atoms with van der Waals surface area (Å²) in [6, 6.07) is 18.8. The van der Waals surface area contributed by atoms with Gasteiger partial charge in [-0.15, -0.1) is 0 Å². The lowest BCUT2D eigenvalue weighted by Gasteiger charge is -2.23. The second-order valence-corrected chi connectivity index (χ2v) is 6.92. The van der Waals surface area contributed by atoms with Crippen molar-refractivity contribution in [2.75, 3.05) is 30.4 Å². The van der Waals surface area contributed by atoms with Crippen molar-refractivity contribution in [1.82, 2.24) is 15.0 Å². The van der Waals surface area contributed by atoms with Crippen LogP contribution in [0.5, 0.6) is 5.75 Å². The predicted molar refractivity (Wildman–Crippen MR) is 122 cm³/mol. The van der Waals surface area contributed by atoms with Gasteiger partial charge in [0, 0.05) is 35.6 Å². The Labute approximate surface area is 180 Å². The Morgan fingerprint density at radius 3 is 2.55 bits per heavy atom. The molecule has 7 nitrogen and oxygen atoms in total. The number of hydrogen-bond donors (Lipinski definition) is 1. The molecule has 0 fully saturated rings. The van der Waals surface area contributed by atoms with Crippen LogP contribution in [0.1, 0.15) is 6.92 Å². The molecular weight excluding hydrogens is 390 g/mol. The zero-order valence-corrected chi connectivity index (χ0v) is 17.4. The predicted octanol–water partition coefficient (Wildman–Crippen LogP) is 4.17. The van der Waals surface area contributed by atoms with Gasteiger partial charge in [-0.05, 0) is 55.5 Å². The molecular formula is C24H23N5O2. The molecule has 0 radical (unpaired) electrons. The Morgan fingerprint density at radius 2 is 1.84 bits per heavy atom. The van der Waals surface area contributed by atoms with Crippen molar-refractivity contribution in [2.45, 2.75) is 6.92 Å². The van der Waals surface area contributed by atoms with Gasteiger partial charge in [-0.3, -0.25) is 9.78 Å². The van der Waals surface area contributed by atoms with Crippen LogP contribution in [0.25, 0.3) is 22.3 Å². The van der Waals surface area contributed by atoms with E-state index in [0.29, 0.717) is 18.1 Å². The summed E-state index contributed by atoms with van der Waals surface area (Å²) in [5.41, 5.74) is 2.36. The monoisotopic (exact) mass is 413 g/mol. The number of nitrogens with zero attached hydrogens (tertiary/aromatic N) is 4. The smallest absolute Gasteiger partial charge is 0.243 e. The first-order valence-corrected chi connectivity index (χ1v) is 10.0. The summed E-state index contributed by atoms with van der Waals surface area (Å²) in [6.07, 6.45) is 3.45. The van der Waals surface area contributed by atoms with E-state index in [2.05, 4.69) is 10.3 Å². The fraction of sp³-hybridized carbons (Fsp3) is 0.167. The Hall–Kier alpha value is -4.00. The molecule has 7 heteroatoms. The van der Waals surface area contributed by atoms with E-state index in [-0.39, 0.29) is 12.5 Å². The molecule has 156 valence electrons. The van der Waals surface area contributed by atoms with E-state index in [4.69, 9.17) is 14.7 Å². The molecule has 0 aliphatic carbocycles. The number of pyridine rings is 1. The number of carbonyl (C=O) groups excluding carboxylic acids is 1. The van der Waals surface area contributed by atoms with Gasteiger partial charge in [0.25, 0.3) is 0 Å². The van der Waals surface area contributed by atoms with Crippen molar-refractivity contribution in [2.24, 2.45) is 0 Å². The molecule has 1 amide bonds. The highest BCUT2D eigenvalue weighted by Gasteiger charge is 2.17. The van der Waals surface area contributed by atoms with Crippen LogP contribution >= 0.6 is 0 Å². The number of methoxy groups -OCH3 is 1. The number of aromatic nitrogens is 3. The van der Waals surface area contributed by atoms with Gasteiger partial charge in [0.2, 0.25) is 5.91 Å². The minimum atomic E-state index is -0.127. The summed E-state index contributed by atoms with van der Waals surface area (Å²) >= 11 is 0. The lowest BCUT2D eigenvalue weighted by Crippen LogP contribution is -2.34. The number of fused-ring (bicyclic) bond motifs is 1. The maximum atomic E-state index is 12.8. The van der Waals surface area contributed by atoms with E-state index >= 15 is 0 Å². The third-order valence-corrected chi connectivity index (χ3v) is 4.89. The minimum absolute atomic E-state index is 0.127. The maximum Gasteiger partial charge on any atom is 0.243 e. The Kier molecular flexibility index (Phi) is 6.03. The molecule has 1 N–H and O–H groups in total. The first-order valence-electron chi connectivity index (χ1n) is 10.0. The molecule has 0 spiro atoms. The Balaban J connectivity index is 1.63. The number of amides is 1. The number of carbonyl (C=O) groups is 1. The van der Waals surface area contributed by atoms with E-state index in [1.165, 1.54) is 0 Å². The van der Waals surface area contributed by atoms with Gasteiger partial charge in [0.05, 0.1) is 19.2 Å². The van der Waals surface area contributed by atoms with E-state index in [1.54, 1.807) is 19.5 Å². The highest BCUT2D eigenvalue weighted by Crippen LogP contribution is 2.27. The van der Waals surface area contributed by atoms with Crippen LogP contribution in [0, 0.1) is 0 Å². The first kappa shape index (κ1) is 20.3. The van der Waals surface area contributed by atoms with Crippen LogP contribution in [0.2, 0.25) is 0 Å². The summed E-state index contributed by atoms with van der Waals surface area (Å²) in [4.78, 5) is 28.4. The van der Waals surface area contributed by atoms with Crippen LogP contribution < -0.4 is 15.0 Å². The number of rotatable bonds is 7. The number of benzene rings is 2. The largest absolute Gasteiger partial charge is 0.497 e. The Bertz CT molecular complexity index is 1180. The number of ether oxygens (including phenoxy) is 1. The molecule has 0 saturated heterocycles. The zero-order valence-electron chi connectivity index (χ0n) is 17.4. The van der Waals surface area contributed by atoms with Crippen LogP contribution in [0.4, 0.5) is 11.5 Å². The average molecular weight is 413 g/mol. The number of nitrogens with one attached hydrogen (secondary N) is 1. The maximum absolute atomic E-state index is 12.8. The second kappa shape index (κ2) is 9.21. The molecule has 31 heavy (non-hydrogen) atoms. The molecule has 0 aliphatic heterocycles. The number of likely N-dealkylation sites (N-methyl/N-ethyl adjacent to an activating group) is 1. The van der Waals surface area contributed by atoms with E-state index in [0.717, 1.165) is 28.0 Å². The van der Waals surface area contributed by atoms with Crippen molar-refractivity contribution in [3.63, 3.8) is 0 Å². The normalized spacial score (nSPS) is 10.6. The summed E-state index contributed by atoms with van der Waals surface area (Å²) in [5.74, 6) is 1.91. The molecule has 4 rings (SSSR count). The SMILES string of the molecule is CCN(CC(=O)Nc1ccc(OC)cc1)c1nc(-c2cccnc2)nc2ccccc12. The Morgan fingerprint density at radius 1 is 1.03 bits per heavy atom. The van der Waals surface area contributed by atoms with Crippen LogP contribution in [0.3, 0.4) is 0 Å². The van der Waals surface area contributed by atoms with E-state index < -0.39 is 0 Å². The van der Waals surface area contributed by atoms with Crippen molar-refractivity contribution >= 4 is 28.3 Å². The topological polar surface area (TPSA) is 80.2 Å². The van der Waals surface area contributed by atoms with Crippen molar-refractivity contribution in [3.05, 3.63) is 73.1 Å². The molecule has 0 aliphatic rings. The first-order chi connectivity index (χ1) is 15.2. The van der Waals surface area contributed by atoms with Gasteiger partial charge in [0.1, 0.15) is 11.6 Å². The highest BCUT2D eigenvalue weighted by atomic mass is 16.5. The van der Waals surface area contributed by atoms with Crippen LogP contribution in [-0.4, -0.2) is 41.1 Å². The summed E-state index contributed by atoms with van der Waals surface area (Å²) in [7, 11) is 1.61. The number of para-hydroxylation sites is 1. The third kappa shape index (κ3) is 4.61. The fourth-order valence-electron chi connectivity index (χ4n) is 3.31. The molecule has 4 aromatic rings. The van der Waals surface area contributed by atoms with Gasteiger partial charge in [-0.25, -0.2) is 9.97 Å². The summed E-state index contributed by atoms with van der Waals surface area (Å²) in [5, 5.41) is 3.83. The molecule has 2 aromatic heterocycles. The van der Waals surface area contributed by atoms with Gasteiger partial charge < -0.3 is 15.0 Å². The lowest BCUT2D eigenvalue weighted by atomic mass is 10.2. The van der Waals surface area contributed by atoms with Gasteiger partial charge >= 0.3 is 0 Å². The molecule has 0 unspecified atom stereocenters. The third-order valence-electron chi connectivity index (χ3n) is 4.89. The number of anilines is 2. The molecule has 2 heterocycles. The van der Waals surface area contributed by atoms with Crippen molar-refractivity contribution in [1.29, 1.82) is 0 Å². The fourth-order valence-corrected chi connectivity index (χ4v) is 3.31. The van der Waals surface area contributed by atoms with Gasteiger partial charge in [-0.2, -0.15) is 0 Å².